The summed E-state index contributed by atoms with van der Waals surface area (Å²) >= 11 is 0. The molecule has 0 amide bonds. The van der Waals surface area contributed by atoms with Crippen LogP contribution in [0.1, 0.15) is 6.92 Å². The smallest absolute Gasteiger partial charge is 0.497 e. The van der Waals surface area contributed by atoms with Crippen LogP contribution >= 0.6 is 0 Å². The largest absolute Gasteiger partial charge is 2.00 e. The van der Waals surface area contributed by atoms with Crippen LogP contribution in [0.3, 0.4) is 0 Å². The zero-order valence-corrected chi connectivity index (χ0v) is 19.7. The number of nitrogens with zero attached hydrogens (tertiary/aromatic N) is 4. The molecule has 3 aromatic rings. The van der Waals surface area contributed by atoms with Gasteiger partial charge in [-0.1, -0.05) is 12.1 Å². The van der Waals surface area contributed by atoms with Gasteiger partial charge in [-0.2, -0.15) is 5.26 Å². The van der Waals surface area contributed by atoms with Crippen molar-refractivity contribution in [3.8, 4) is 34.6 Å². The van der Waals surface area contributed by atoms with Crippen molar-refractivity contribution in [2.24, 2.45) is 0 Å². The number of halogens is 8. The first-order valence-electron chi connectivity index (χ1n) is 8.72. The van der Waals surface area contributed by atoms with Crippen molar-refractivity contribution < 1.29 is 60.3 Å². The molecule has 0 unspecified atom stereocenters. The SMILES string of the molecule is CC#N.COc1cc(-c2ccccn2)nc(-c2ccccn2)c1.F[B-](F)(F)F.F[B-](F)(F)F.[Pt+2]. The molecule has 186 valence electrons. The minimum absolute atomic E-state index is 0. The van der Waals surface area contributed by atoms with Gasteiger partial charge < -0.3 is 39.3 Å². The number of aromatic nitrogens is 3. The Labute approximate surface area is 204 Å². The van der Waals surface area contributed by atoms with Gasteiger partial charge in [-0.15, -0.1) is 0 Å². The molecule has 0 fully saturated rings. The third-order valence-electron chi connectivity index (χ3n) is 2.89. The Balaban J connectivity index is 0. The molecule has 16 heteroatoms. The van der Waals surface area contributed by atoms with E-state index in [2.05, 4.69) is 15.0 Å². The zero-order chi connectivity index (χ0) is 25.5. The van der Waals surface area contributed by atoms with Crippen molar-refractivity contribution in [2.75, 3.05) is 7.11 Å². The Hall–Kier alpha value is -3.00. The fraction of sp³-hybridized carbons (Fsp3) is 0.111. The third kappa shape index (κ3) is 18.6. The number of hydrogen-bond donors (Lipinski definition) is 0. The Morgan fingerprint density at radius 3 is 1.29 bits per heavy atom. The van der Waals surface area contributed by atoms with Gasteiger partial charge in [0.05, 0.1) is 36.0 Å². The van der Waals surface area contributed by atoms with E-state index in [1.54, 1.807) is 25.6 Å². The van der Waals surface area contributed by atoms with Crippen LogP contribution in [0.25, 0.3) is 22.8 Å². The predicted molar refractivity (Wildman–Crippen MR) is 109 cm³/mol. The first-order valence-corrected chi connectivity index (χ1v) is 8.72. The number of rotatable bonds is 3. The van der Waals surface area contributed by atoms with E-state index in [4.69, 9.17) is 10.00 Å². The maximum absolute atomic E-state index is 9.75. The van der Waals surface area contributed by atoms with Crippen molar-refractivity contribution >= 4 is 14.5 Å². The van der Waals surface area contributed by atoms with Gasteiger partial charge in [0.1, 0.15) is 5.75 Å². The molecular formula is C18H16B2F8N4OPt. The molecule has 3 heterocycles. The minimum atomic E-state index is -6.00. The number of hydrogen-bond acceptors (Lipinski definition) is 5. The van der Waals surface area contributed by atoms with Crippen molar-refractivity contribution in [3.63, 3.8) is 0 Å². The Morgan fingerprint density at radius 1 is 0.735 bits per heavy atom. The third-order valence-corrected chi connectivity index (χ3v) is 2.89. The van der Waals surface area contributed by atoms with E-state index in [1.165, 1.54) is 6.92 Å². The molecule has 3 rings (SSSR count). The van der Waals surface area contributed by atoms with Crippen LogP contribution in [0.5, 0.6) is 5.75 Å². The van der Waals surface area contributed by atoms with Crippen LogP contribution in [0.2, 0.25) is 0 Å². The quantitative estimate of drug-likeness (QED) is 0.240. The van der Waals surface area contributed by atoms with Gasteiger partial charge in [-0.3, -0.25) is 9.97 Å². The van der Waals surface area contributed by atoms with E-state index < -0.39 is 14.5 Å². The van der Waals surface area contributed by atoms with Gasteiger partial charge in [-0.25, -0.2) is 4.98 Å². The van der Waals surface area contributed by atoms with Gasteiger partial charge in [0.2, 0.25) is 0 Å². The molecule has 0 bridgehead atoms. The number of nitriles is 1. The summed E-state index contributed by atoms with van der Waals surface area (Å²) in [5.41, 5.74) is 3.16. The van der Waals surface area contributed by atoms with Gasteiger partial charge in [-0.05, 0) is 24.3 Å². The van der Waals surface area contributed by atoms with Gasteiger partial charge >= 0.3 is 35.6 Å². The molecule has 0 aromatic carbocycles. The van der Waals surface area contributed by atoms with E-state index >= 15 is 0 Å². The Morgan fingerprint density at radius 2 is 1.06 bits per heavy atom. The summed E-state index contributed by atoms with van der Waals surface area (Å²) in [7, 11) is -10.4. The van der Waals surface area contributed by atoms with Gasteiger partial charge in [0.15, 0.2) is 0 Å². The van der Waals surface area contributed by atoms with E-state index in [0.717, 1.165) is 28.5 Å². The first kappa shape index (κ1) is 33.2. The summed E-state index contributed by atoms with van der Waals surface area (Å²) < 4.78 is 83.3. The second-order valence-electron chi connectivity index (χ2n) is 5.42. The van der Waals surface area contributed by atoms with Crippen LogP contribution in [-0.2, 0) is 21.1 Å². The monoisotopic (exact) mass is 673 g/mol. The Kier molecular flexibility index (Phi) is 16.2. The molecule has 34 heavy (non-hydrogen) atoms. The maximum Gasteiger partial charge on any atom is 2.00 e. The molecule has 0 aliphatic heterocycles. The molecule has 0 N–H and O–H groups in total. The molecule has 0 aliphatic carbocycles. The zero-order valence-electron chi connectivity index (χ0n) is 17.5. The second-order valence-corrected chi connectivity index (χ2v) is 5.42. The molecule has 3 aromatic heterocycles. The summed E-state index contributed by atoms with van der Waals surface area (Å²) in [5, 5.41) is 7.32. The number of pyridine rings is 3. The topological polar surface area (TPSA) is 71.7 Å². The Bertz CT molecular complexity index is 909. The van der Waals surface area contributed by atoms with Crippen molar-refractivity contribution in [1.82, 2.24) is 15.0 Å². The summed E-state index contributed by atoms with van der Waals surface area (Å²) in [4.78, 5) is 13.3. The van der Waals surface area contributed by atoms with Crippen LogP contribution in [0.15, 0.2) is 60.9 Å². The first-order chi connectivity index (χ1) is 15.3. The minimum Gasteiger partial charge on any atom is -0.497 e. The molecule has 5 nitrogen and oxygen atoms in total. The van der Waals surface area contributed by atoms with Crippen LogP contribution in [-0.4, -0.2) is 36.6 Å². The molecule has 0 saturated carbocycles. The fourth-order valence-electron chi connectivity index (χ4n) is 1.91. The normalized spacial score (nSPS) is 9.79. The number of ether oxygens (including phenoxy) is 1. The van der Waals surface area contributed by atoms with Gasteiger partial charge in [0, 0.05) is 31.5 Å². The average molecular weight is 673 g/mol. The van der Waals surface area contributed by atoms with Crippen molar-refractivity contribution in [3.05, 3.63) is 60.9 Å². The summed E-state index contributed by atoms with van der Waals surface area (Å²) in [6.45, 7) is 1.43. The molecule has 0 saturated heterocycles. The number of methoxy groups -OCH3 is 1. The molecule has 0 atom stereocenters. The molecule has 0 spiro atoms. The van der Waals surface area contributed by atoms with E-state index in [1.807, 2.05) is 48.5 Å². The predicted octanol–water partition coefficient (Wildman–Crippen LogP) is 6.34. The van der Waals surface area contributed by atoms with Crippen LogP contribution in [0, 0.1) is 11.3 Å². The van der Waals surface area contributed by atoms with Gasteiger partial charge in [0.25, 0.3) is 0 Å². The van der Waals surface area contributed by atoms with E-state index in [9.17, 15) is 34.5 Å². The summed E-state index contributed by atoms with van der Waals surface area (Å²) in [6.07, 6.45) is 3.49. The van der Waals surface area contributed by atoms with E-state index in [-0.39, 0.29) is 21.1 Å². The second kappa shape index (κ2) is 16.6. The van der Waals surface area contributed by atoms with Crippen LogP contribution < -0.4 is 4.74 Å². The summed E-state index contributed by atoms with van der Waals surface area (Å²) in [5.74, 6) is 0.737. The average Bonchev–Trinajstić information content (AvgIpc) is 2.73. The van der Waals surface area contributed by atoms with Crippen molar-refractivity contribution in [1.29, 1.82) is 5.26 Å². The molecule has 0 radical (unpaired) electrons. The van der Waals surface area contributed by atoms with Crippen LogP contribution in [0.4, 0.5) is 34.5 Å². The standard InChI is InChI=1S/C16H13N3O.C2H3N.2BF4.Pt/c1-20-12-10-15(13-6-2-4-8-17-13)19-16(11-12)14-7-3-5-9-18-14;1-2-3;2*2-1(3,4)5;/h2-11H,1H3;1H3;;;/q;;2*-1;+2. The maximum atomic E-state index is 9.75. The molecule has 0 aliphatic rings. The molecular weight excluding hydrogens is 657 g/mol. The summed E-state index contributed by atoms with van der Waals surface area (Å²) in [6, 6.07) is 17.0. The van der Waals surface area contributed by atoms with Crippen molar-refractivity contribution in [2.45, 2.75) is 6.92 Å². The van der Waals surface area contributed by atoms with E-state index in [0.29, 0.717) is 0 Å². The fourth-order valence-corrected chi connectivity index (χ4v) is 1.91.